The number of hydrogen-bond acceptors (Lipinski definition) is 8. The van der Waals surface area contributed by atoms with Crippen LogP contribution in [0, 0.1) is 6.92 Å². The van der Waals surface area contributed by atoms with Crippen LogP contribution in [0.25, 0.3) is 11.3 Å². The number of carbonyl (C=O) groups excluding carboxylic acids is 2. The van der Waals surface area contributed by atoms with Crippen LogP contribution in [-0.4, -0.2) is 36.7 Å². The normalized spacial score (nSPS) is 10.7. The Morgan fingerprint density at radius 1 is 0.907 bits per heavy atom. The van der Waals surface area contributed by atoms with E-state index in [4.69, 9.17) is 9.47 Å². The zero-order chi connectivity index (χ0) is 30.0. The summed E-state index contributed by atoms with van der Waals surface area (Å²) in [5.41, 5.74) is 8.25. The molecule has 43 heavy (non-hydrogen) atoms. The van der Waals surface area contributed by atoms with Crippen LogP contribution < -0.4 is 25.5 Å². The van der Waals surface area contributed by atoms with E-state index >= 15 is 0 Å². The third-order valence-electron chi connectivity index (χ3n) is 6.23. The largest absolute Gasteiger partial charge is 0.497 e. The van der Waals surface area contributed by atoms with Crippen molar-refractivity contribution < 1.29 is 19.1 Å². The molecule has 0 aliphatic carbocycles. The van der Waals surface area contributed by atoms with E-state index in [1.807, 2.05) is 54.8 Å². The van der Waals surface area contributed by atoms with E-state index in [1.54, 1.807) is 61.7 Å². The molecule has 1 aromatic heterocycles. The van der Waals surface area contributed by atoms with Crippen molar-refractivity contribution in [1.82, 2.24) is 10.4 Å². The summed E-state index contributed by atoms with van der Waals surface area (Å²) < 4.78 is 10.7. The lowest BCUT2D eigenvalue weighted by Gasteiger charge is -2.08. The average Bonchev–Trinajstić information content (AvgIpc) is 3.50. The van der Waals surface area contributed by atoms with Gasteiger partial charge in [0.1, 0.15) is 11.5 Å². The summed E-state index contributed by atoms with van der Waals surface area (Å²) in [5.74, 6) is 0.562. The number of aromatic nitrogens is 1. The molecule has 216 valence electrons. The number of aryl methyl sites for hydroxylation is 1. The van der Waals surface area contributed by atoms with E-state index in [0.29, 0.717) is 28.3 Å². The Kier molecular flexibility index (Phi) is 9.40. The second kappa shape index (κ2) is 13.9. The molecule has 0 saturated carbocycles. The number of hydrazone groups is 1. The third kappa shape index (κ3) is 8.27. The molecule has 9 nitrogen and oxygen atoms in total. The van der Waals surface area contributed by atoms with Gasteiger partial charge in [-0.25, -0.2) is 10.4 Å². The van der Waals surface area contributed by atoms with Crippen molar-refractivity contribution >= 4 is 45.9 Å². The zero-order valence-electron chi connectivity index (χ0n) is 23.5. The topological polar surface area (TPSA) is 114 Å². The first-order valence-electron chi connectivity index (χ1n) is 13.3. The van der Waals surface area contributed by atoms with Crippen LogP contribution >= 0.6 is 11.3 Å². The van der Waals surface area contributed by atoms with Crippen molar-refractivity contribution in [3.63, 3.8) is 0 Å². The Labute approximate surface area is 253 Å². The van der Waals surface area contributed by atoms with E-state index in [9.17, 15) is 9.59 Å². The first-order valence-corrected chi connectivity index (χ1v) is 14.2. The Hall–Kier alpha value is -5.48. The van der Waals surface area contributed by atoms with Gasteiger partial charge in [0.15, 0.2) is 11.7 Å². The SMILES string of the molecule is COc1ccc(NC(=O)COc2cccc(/C=N/NC(=O)c3ccc(-c4csc(Nc5ccc(C)cc5)n4)cc3)c2)cc1. The molecule has 0 radical (unpaired) electrons. The molecule has 0 saturated heterocycles. The number of ether oxygens (including phenoxy) is 2. The Balaban J connectivity index is 1.10. The highest BCUT2D eigenvalue weighted by molar-refractivity contribution is 7.14. The van der Waals surface area contributed by atoms with Crippen molar-refractivity contribution in [2.45, 2.75) is 6.92 Å². The molecule has 0 aliphatic heterocycles. The average molecular weight is 592 g/mol. The summed E-state index contributed by atoms with van der Waals surface area (Å²) in [4.78, 5) is 29.5. The lowest BCUT2D eigenvalue weighted by atomic mass is 10.1. The first kappa shape index (κ1) is 29.0. The van der Waals surface area contributed by atoms with Gasteiger partial charge in [0.2, 0.25) is 0 Å². The summed E-state index contributed by atoms with van der Waals surface area (Å²) in [6, 6.07) is 29.4. The van der Waals surface area contributed by atoms with Crippen molar-refractivity contribution in [1.29, 1.82) is 0 Å². The standard InChI is InChI=1S/C33H29N5O4S/c1-22-6-12-27(13-7-22)36-33-37-30(21-43-33)24-8-10-25(11-9-24)32(40)38-34-19-23-4-3-5-29(18-23)42-20-31(39)35-26-14-16-28(41-2)17-15-26/h3-19,21H,20H2,1-2H3,(H,35,39)(H,36,37)(H,38,40)/b34-19+. The maximum Gasteiger partial charge on any atom is 0.271 e. The minimum atomic E-state index is -0.342. The van der Waals surface area contributed by atoms with Crippen LogP contribution in [0.5, 0.6) is 11.5 Å². The van der Waals surface area contributed by atoms with E-state index < -0.39 is 0 Å². The molecule has 0 bridgehead atoms. The van der Waals surface area contributed by atoms with Crippen molar-refractivity contribution in [3.05, 3.63) is 119 Å². The van der Waals surface area contributed by atoms with Gasteiger partial charge in [0.05, 0.1) is 19.0 Å². The van der Waals surface area contributed by atoms with E-state index in [2.05, 4.69) is 26.1 Å². The highest BCUT2D eigenvalue weighted by Crippen LogP contribution is 2.27. The van der Waals surface area contributed by atoms with Gasteiger partial charge in [-0.3, -0.25) is 9.59 Å². The third-order valence-corrected chi connectivity index (χ3v) is 6.99. The first-order chi connectivity index (χ1) is 20.9. The van der Waals surface area contributed by atoms with Gasteiger partial charge in [-0.1, -0.05) is 42.0 Å². The fraction of sp³-hybridized carbons (Fsp3) is 0.0909. The lowest BCUT2D eigenvalue weighted by molar-refractivity contribution is -0.118. The summed E-state index contributed by atoms with van der Waals surface area (Å²) in [6.07, 6.45) is 1.51. The molecule has 0 atom stereocenters. The molecule has 4 aromatic carbocycles. The Morgan fingerprint density at radius 2 is 1.65 bits per heavy atom. The minimum absolute atomic E-state index is 0.162. The predicted molar refractivity (Wildman–Crippen MR) is 171 cm³/mol. The number of hydrogen-bond donors (Lipinski definition) is 3. The lowest BCUT2D eigenvalue weighted by Crippen LogP contribution is -2.20. The van der Waals surface area contributed by atoms with E-state index in [0.717, 1.165) is 22.1 Å². The van der Waals surface area contributed by atoms with Crippen molar-refractivity contribution in [2.24, 2.45) is 5.10 Å². The number of amides is 2. The fourth-order valence-corrected chi connectivity index (χ4v) is 4.69. The monoisotopic (exact) mass is 591 g/mol. The smallest absolute Gasteiger partial charge is 0.271 e. The predicted octanol–water partition coefficient (Wildman–Crippen LogP) is 6.65. The number of nitrogens with zero attached hydrogens (tertiary/aromatic N) is 2. The second-order valence-corrected chi connectivity index (χ2v) is 10.3. The van der Waals surface area contributed by atoms with Crippen molar-refractivity contribution in [2.75, 3.05) is 24.4 Å². The molecular formula is C33H29N5O4S. The molecule has 0 spiro atoms. The number of carbonyl (C=O) groups is 2. The molecule has 5 rings (SSSR count). The minimum Gasteiger partial charge on any atom is -0.497 e. The van der Waals surface area contributed by atoms with Crippen LogP contribution in [0.4, 0.5) is 16.5 Å². The van der Waals surface area contributed by atoms with Gasteiger partial charge in [-0.15, -0.1) is 11.3 Å². The molecule has 0 aliphatic rings. The number of thiazole rings is 1. The number of nitrogens with one attached hydrogen (secondary N) is 3. The number of methoxy groups -OCH3 is 1. The van der Waals surface area contributed by atoms with E-state index in [-0.39, 0.29) is 18.4 Å². The van der Waals surface area contributed by atoms with Gasteiger partial charge in [0.25, 0.3) is 11.8 Å². The molecule has 3 N–H and O–H groups in total. The molecule has 0 unspecified atom stereocenters. The van der Waals surface area contributed by atoms with Gasteiger partial charge in [-0.2, -0.15) is 5.10 Å². The fourth-order valence-electron chi connectivity index (χ4n) is 3.95. The molecule has 0 fully saturated rings. The van der Waals surface area contributed by atoms with Gasteiger partial charge in [0, 0.05) is 27.9 Å². The number of benzene rings is 4. The van der Waals surface area contributed by atoms with Crippen LogP contribution in [0.2, 0.25) is 0 Å². The van der Waals surface area contributed by atoms with Gasteiger partial charge >= 0.3 is 0 Å². The van der Waals surface area contributed by atoms with Gasteiger partial charge in [-0.05, 0) is 73.2 Å². The van der Waals surface area contributed by atoms with Crippen LogP contribution in [-0.2, 0) is 4.79 Å². The number of anilines is 3. The summed E-state index contributed by atoms with van der Waals surface area (Å²) >= 11 is 1.52. The van der Waals surface area contributed by atoms with Gasteiger partial charge < -0.3 is 20.1 Å². The molecule has 10 heteroatoms. The van der Waals surface area contributed by atoms with E-state index in [1.165, 1.54) is 23.1 Å². The molecular weight excluding hydrogens is 562 g/mol. The highest BCUT2D eigenvalue weighted by atomic mass is 32.1. The van der Waals surface area contributed by atoms with Crippen LogP contribution in [0.1, 0.15) is 21.5 Å². The highest BCUT2D eigenvalue weighted by Gasteiger charge is 2.09. The van der Waals surface area contributed by atoms with Crippen molar-refractivity contribution in [3.8, 4) is 22.8 Å². The molecule has 2 amide bonds. The van der Waals surface area contributed by atoms with Crippen LogP contribution in [0.15, 0.2) is 108 Å². The molecule has 5 aromatic rings. The number of rotatable bonds is 11. The van der Waals surface area contributed by atoms with Crippen LogP contribution in [0.3, 0.4) is 0 Å². The maximum atomic E-state index is 12.6. The summed E-state index contributed by atoms with van der Waals surface area (Å²) in [6.45, 7) is 1.89. The maximum absolute atomic E-state index is 12.6. The zero-order valence-corrected chi connectivity index (χ0v) is 24.4. The summed E-state index contributed by atoms with van der Waals surface area (Å²) in [7, 11) is 1.58. The quantitative estimate of drug-likeness (QED) is 0.117. The Morgan fingerprint density at radius 3 is 2.40 bits per heavy atom. The summed E-state index contributed by atoms with van der Waals surface area (Å²) in [5, 5.41) is 12.9. The Bertz CT molecular complexity index is 1720. The second-order valence-electron chi connectivity index (χ2n) is 9.44. The molecule has 1 heterocycles.